The summed E-state index contributed by atoms with van der Waals surface area (Å²) in [6.07, 6.45) is -4.85. The van der Waals surface area contributed by atoms with Gasteiger partial charge in [-0.15, -0.1) is 0 Å². The third kappa shape index (κ3) is 16.3. The normalized spacial score (nSPS) is 16.3. The maximum absolute atomic E-state index is 11.0. The van der Waals surface area contributed by atoms with Gasteiger partial charge in [-0.2, -0.15) is 21.6 Å². The smallest absolute Gasteiger partial charge is 0.314 e. The van der Waals surface area contributed by atoms with Gasteiger partial charge in [-0.25, -0.2) is 0 Å². The van der Waals surface area contributed by atoms with Crippen LogP contribution in [0.2, 0.25) is 0 Å². The van der Waals surface area contributed by atoms with E-state index in [1.165, 1.54) is 13.1 Å². The zero-order valence-electron chi connectivity index (χ0n) is 5.93. The molecule has 1 saturated heterocycles. The topological polar surface area (TPSA) is 76.3 Å². The maximum Gasteiger partial charge on any atom is 0.405 e. The summed E-state index contributed by atoms with van der Waals surface area (Å²) in [6.45, 7) is 2.50. The lowest BCUT2D eigenvalue weighted by atomic mass is 10.8. The molecule has 1 rings (SSSR count). The first-order chi connectivity index (χ1) is 5.21. The zero-order chi connectivity index (χ0) is 9.83. The van der Waals surface area contributed by atoms with Gasteiger partial charge in [-0.05, 0) is 0 Å². The Morgan fingerprint density at radius 1 is 1.33 bits per heavy atom. The fraction of sp³-hybridized carbons (Fsp3) is 1.00. The highest BCUT2D eigenvalue weighted by Crippen LogP contribution is 2.15. The van der Waals surface area contributed by atoms with Crippen LogP contribution in [0.3, 0.4) is 0 Å². The van der Waals surface area contributed by atoms with E-state index in [-0.39, 0.29) is 0 Å². The summed E-state index contributed by atoms with van der Waals surface area (Å²) in [7, 11) is -4.91. The van der Waals surface area contributed by atoms with Crippen molar-refractivity contribution in [2.75, 3.05) is 18.8 Å². The van der Waals surface area contributed by atoms with Crippen molar-refractivity contribution in [1.29, 1.82) is 0 Å². The molecule has 74 valence electrons. The van der Waals surface area contributed by atoms with Gasteiger partial charge >= 0.3 is 6.18 Å². The summed E-state index contributed by atoms with van der Waals surface area (Å²) < 4.78 is 59.6. The number of hydrogen-bond acceptors (Lipinski definition) is 3. The Morgan fingerprint density at radius 3 is 1.67 bits per heavy atom. The molecule has 0 saturated carbocycles. The van der Waals surface area contributed by atoms with E-state index in [2.05, 4.69) is 5.32 Å². The second-order valence-electron chi connectivity index (χ2n) is 2.09. The predicted octanol–water partition coefficient (Wildman–Crippen LogP) is 0.0261. The van der Waals surface area contributed by atoms with Gasteiger partial charge in [0.15, 0.2) is 5.75 Å². The van der Waals surface area contributed by atoms with Crippen molar-refractivity contribution in [2.24, 2.45) is 0 Å². The van der Waals surface area contributed by atoms with E-state index >= 15 is 0 Å². The molecule has 0 aliphatic carbocycles. The van der Waals surface area contributed by atoms with Gasteiger partial charge in [0.2, 0.25) is 0 Å². The molecule has 0 unspecified atom stereocenters. The Balaban J connectivity index is 0.000000330. The highest BCUT2D eigenvalue weighted by Gasteiger charge is 2.33. The van der Waals surface area contributed by atoms with Crippen LogP contribution in [0.5, 0.6) is 0 Å². The Kier molecular flexibility index (Phi) is 3.94. The Morgan fingerprint density at radius 2 is 1.67 bits per heavy atom. The molecule has 1 heterocycles. The molecule has 0 radical (unpaired) electrons. The fourth-order valence-electron chi connectivity index (χ4n) is 0.207. The van der Waals surface area contributed by atoms with Crippen LogP contribution < -0.4 is 5.32 Å². The summed E-state index contributed by atoms with van der Waals surface area (Å²) in [5, 5.41) is 3.00. The molecule has 8 heteroatoms. The summed E-state index contributed by atoms with van der Waals surface area (Å²) in [4.78, 5) is 0. The number of rotatable bonds is 1. The van der Waals surface area contributed by atoms with Crippen molar-refractivity contribution in [3.63, 3.8) is 0 Å². The molecular formula is C4H8F3NO3S. The molecule has 12 heavy (non-hydrogen) atoms. The first-order valence-electron chi connectivity index (χ1n) is 2.93. The SMILES string of the molecule is C1CN1.O=S(=O)(O)CC(F)(F)F. The standard InChI is InChI=1S/C2H3F3O3S.C2H5N/c3-2(4,5)1-9(6,7)8;1-2-3-1/h1H2,(H,6,7,8);3H,1-2H2. The van der Waals surface area contributed by atoms with Crippen LogP contribution in [0, 0.1) is 0 Å². The molecule has 4 nitrogen and oxygen atoms in total. The summed E-state index contributed by atoms with van der Waals surface area (Å²) >= 11 is 0. The summed E-state index contributed by atoms with van der Waals surface area (Å²) in [5.41, 5.74) is 0. The van der Waals surface area contributed by atoms with Gasteiger partial charge in [-0.3, -0.25) is 4.55 Å². The highest BCUT2D eigenvalue weighted by atomic mass is 32.2. The monoisotopic (exact) mass is 207 g/mol. The highest BCUT2D eigenvalue weighted by molar-refractivity contribution is 7.85. The molecule has 1 aliphatic rings. The van der Waals surface area contributed by atoms with Crippen molar-refractivity contribution in [3.05, 3.63) is 0 Å². The third-order valence-electron chi connectivity index (χ3n) is 0.596. The lowest BCUT2D eigenvalue weighted by molar-refractivity contribution is -0.107. The molecule has 0 aromatic rings. The zero-order valence-corrected chi connectivity index (χ0v) is 6.74. The summed E-state index contributed by atoms with van der Waals surface area (Å²) in [6, 6.07) is 0. The molecule has 1 aliphatic heterocycles. The van der Waals surface area contributed by atoms with Gasteiger partial charge < -0.3 is 5.32 Å². The van der Waals surface area contributed by atoms with Crippen molar-refractivity contribution in [1.82, 2.24) is 5.32 Å². The molecule has 0 bridgehead atoms. The Labute approximate surface area is 67.5 Å². The van der Waals surface area contributed by atoms with E-state index in [0.717, 1.165) is 0 Å². The fourth-order valence-corrected chi connectivity index (χ4v) is 0.620. The average Bonchev–Trinajstić information content (AvgIpc) is 2.28. The van der Waals surface area contributed by atoms with Gasteiger partial charge in [0.05, 0.1) is 0 Å². The van der Waals surface area contributed by atoms with Gasteiger partial charge in [0.1, 0.15) is 0 Å². The van der Waals surface area contributed by atoms with Crippen molar-refractivity contribution in [3.8, 4) is 0 Å². The van der Waals surface area contributed by atoms with Crippen LogP contribution in [-0.2, 0) is 10.1 Å². The van der Waals surface area contributed by atoms with E-state index in [9.17, 15) is 21.6 Å². The van der Waals surface area contributed by atoms with Crippen LogP contribution in [0.1, 0.15) is 0 Å². The second kappa shape index (κ2) is 4.06. The average molecular weight is 207 g/mol. The number of halogens is 3. The second-order valence-corrected chi connectivity index (χ2v) is 3.54. The Hall–Kier alpha value is -0.340. The molecule has 0 spiro atoms. The van der Waals surface area contributed by atoms with E-state index < -0.39 is 22.0 Å². The van der Waals surface area contributed by atoms with E-state index in [4.69, 9.17) is 4.55 Å². The largest absolute Gasteiger partial charge is 0.405 e. The van der Waals surface area contributed by atoms with Crippen LogP contribution >= 0.6 is 0 Å². The molecule has 2 N–H and O–H groups in total. The minimum atomic E-state index is -4.91. The first kappa shape index (κ1) is 11.7. The van der Waals surface area contributed by atoms with Crippen molar-refractivity contribution < 1.29 is 26.1 Å². The number of alkyl halides is 3. The molecule has 1 fully saturated rings. The maximum atomic E-state index is 11.0. The quantitative estimate of drug-likeness (QED) is 0.469. The van der Waals surface area contributed by atoms with E-state index in [0.29, 0.717) is 0 Å². The third-order valence-corrected chi connectivity index (χ3v) is 1.29. The van der Waals surface area contributed by atoms with Crippen molar-refractivity contribution >= 4 is 10.1 Å². The van der Waals surface area contributed by atoms with Crippen LogP contribution in [0.4, 0.5) is 13.2 Å². The van der Waals surface area contributed by atoms with Crippen LogP contribution in [0.15, 0.2) is 0 Å². The van der Waals surface area contributed by atoms with Crippen molar-refractivity contribution in [2.45, 2.75) is 6.18 Å². The lowest BCUT2D eigenvalue weighted by Crippen LogP contribution is -2.21. The van der Waals surface area contributed by atoms with Crippen LogP contribution in [0.25, 0.3) is 0 Å². The van der Waals surface area contributed by atoms with Gasteiger partial charge in [-0.1, -0.05) is 0 Å². The molecule has 0 aromatic carbocycles. The van der Waals surface area contributed by atoms with E-state index in [1.807, 2.05) is 0 Å². The van der Waals surface area contributed by atoms with E-state index in [1.54, 1.807) is 0 Å². The minimum Gasteiger partial charge on any atom is -0.314 e. The molecule has 0 aromatic heterocycles. The van der Waals surface area contributed by atoms with Gasteiger partial charge in [0.25, 0.3) is 10.1 Å². The lowest BCUT2D eigenvalue weighted by Gasteiger charge is -2.00. The molecule has 0 atom stereocenters. The first-order valence-corrected chi connectivity index (χ1v) is 4.54. The number of nitrogens with one attached hydrogen (secondary N) is 1. The predicted molar refractivity (Wildman–Crippen MR) is 35.3 cm³/mol. The van der Waals surface area contributed by atoms with Gasteiger partial charge in [0, 0.05) is 13.1 Å². The number of hydrogen-bond donors (Lipinski definition) is 2. The molecule has 0 amide bonds. The Bertz CT molecular complexity index is 217. The molecular weight excluding hydrogens is 199 g/mol. The minimum absolute atomic E-state index is 1.25. The van der Waals surface area contributed by atoms with Crippen LogP contribution in [-0.4, -0.2) is 38.0 Å². The summed E-state index contributed by atoms with van der Waals surface area (Å²) in [5.74, 6) is -2.18.